The van der Waals surface area contributed by atoms with Crippen LogP contribution in [0.1, 0.15) is 11.1 Å². The van der Waals surface area contributed by atoms with E-state index in [1.54, 1.807) is 18.2 Å². The standard InChI is InChI=1S/C18H15F5O2/c1-25-15-9-5-8-14(12-15)16(24,17(19,20)18(21,22)23)11-10-13-6-3-2-4-7-13/h2-12,24H,1H3/b11-10+. The number of halogens is 5. The summed E-state index contributed by atoms with van der Waals surface area (Å²) in [6.07, 6.45) is -4.49. The van der Waals surface area contributed by atoms with E-state index < -0.39 is 23.3 Å². The van der Waals surface area contributed by atoms with Crippen molar-refractivity contribution in [3.05, 3.63) is 71.8 Å². The van der Waals surface area contributed by atoms with Crippen LogP contribution in [0.15, 0.2) is 60.7 Å². The summed E-state index contributed by atoms with van der Waals surface area (Å²) >= 11 is 0. The van der Waals surface area contributed by atoms with Crippen LogP contribution in [0.5, 0.6) is 5.75 Å². The summed E-state index contributed by atoms with van der Waals surface area (Å²) in [6, 6.07) is 12.4. The van der Waals surface area contributed by atoms with Crippen LogP contribution in [0.3, 0.4) is 0 Å². The maximum Gasteiger partial charge on any atom is 0.457 e. The number of rotatable bonds is 5. The first-order chi connectivity index (χ1) is 11.6. The minimum Gasteiger partial charge on any atom is -0.497 e. The number of hydrogen-bond acceptors (Lipinski definition) is 2. The van der Waals surface area contributed by atoms with Gasteiger partial charge in [0.05, 0.1) is 7.11 Å². The molecule has 2 aromatic rings. The lowest BCUT2D eigenvalue weighted by Gasteiger charge is -2.35. The molecule has 0 saturated heterocycles. The van der Waals surface area contributed by atoms with Crippen LogP contribution in [-0.2, 0) is 5.60 Å². The molecule has 25 heavy (non-hydrogen) atoms. The number of alkyl halides is 5. The number of aliphatic hydroxyl groups is 1. The van der Waals surface area contributed by atoms with E-state index in [4.69, 9.17) is 4.74 Å². The molecule has 0 saturated carbocycles. The van der Waals surface area contributed by atoms with Crippen LogP contribution in [0, 0.1) is 0 Å². The Bertz CT molecular complexity index is 741. The summed E-state index contributed by atoms with van der Waals surface area (Å²) in [5, 5.41) is 10.4. The summed E-state index contributed by atoms with van der Waals surface area (Å²) in [7, 11) is 1.24. The predicted molar refractivity (Wildman–Crippen MR) is 83.4 cm³/mol. The first-order valence-electron chi connectivity index (χ1n) is 7.17. The van der Waals surface area contributed by atoms with Gasteiger partial charge in [-0.2, -0.15) is 22.0 Å². The van der Waals surface area contributed by atoms with E-state index in [-0.39, 0.29) is 5.75 Å². The Kier molecular flexibility index (Phi) is 5.17. The fraction of sp³-hybridized carbons (Fsp3) is 0.222. The van der Waals surface area contributed by atoms with Crippen molar-refractivity contribution in [2.45, 2.75) is 17.7 Å². The summed E-state index contributed by atoms with van der Waals surface area (Å²) in [5.74, 6) is -5.38. The van der Waals surface area contributed by atoms with Gasteiger partial charge in [0.2, 0.25) is 0 Å². The molecular weight excluding hydrogens is 343 g/mol. The summed E-state index contributed by atoms with van der Waals surface area (Å²) in [6.45, 7) is 0. The molecule has 0 spiro atoms. The second kappa shape index (κ2) is 6.84. The van der Waals surface area contributed by atoms with Crippen molar-refractivity contribution in [2.24, 2.45) is 0 Å². The van der Waals surface area contributed by atoms with Gasteiger partial charge in [0, 0.05) is 0 Å². The SMILES string of the molecule is COc1cccc(C(O)(/C=C/c2ccccc2)C(F)(F)C(F)(F)F)c1. The average Bonchev–Trinajstić information content (AvgIpc) is 2.59. The quantitative estimate of drug-likeness (QED) is 0.779. The van der Waals surface area contributed by atoms with Crippen molar-refractivity contribution >= 4 is 6.08 Å². The minimum atomic E-state index is -5.95. The average molecular weight is 358 g/mol. The zero-order chi connectivity index (χ0) is 18.7. The van der Waals surface area contributed by atoms with Crippen LogP contribution in [0.2, 0.25) is 0 Å². The van der Waals surface area contributed by atoms with Gasteiger partial charge in [0.15, 0.2) is 5.60 Å². The molecule has 0 aliphatic rings. The molecule has 1 unspecified atom stereocenters. The van der Waals surface area contributed by atoms with Gasteiger partial charge >= 0.3 is 12.1 Å². The molecule has 0 bridgehead atoms. The van der Waals surface area contributed by atoms with Gasteiger partial charge < -0.3 is 9.84 Å². The third kappa shape index (κ3) is 3.66. The molecular formula is C18H15F5O2. The lowest BCUT2D eigenvalue weighted by molar-refractivity contribution is -0.334. The van der Waals surface area contributed by atoms with Crippen molar-refractivity contribution in [1.82, 2.24) is 0 Å². The molecule has 7 heteroatoms. The Morgan fingerprint density at radius 3 is 2.12 bits per heavy atom. The van der Waals surface area contributed by atoms with E-state index in [1.807, 2.05) is 0 Å². The Morgan fingerprint density at radius 1 is 0.920 bits per heavy atom. The van der Waals surface area contributed by atoms with Crippen molar-refractivity contribution in [2.75, 3.05) is 7.11 Å². The van der Waals surface area contributed by atoms with Crippen molar-refractivity contribution in [1.29, 1.82) is 0 Å². The lowest BCUT2D eigenvalue weighted by atomic mass is 9.85. The van der Waals surface area contributed by atoms with E-state index in [0.717, 1.165) is 18.2 Å². The van der Waals surface area contributed by atoms with E-state index in [2.05, 4.69) is 0 Å². The highest BCUT2D eigenvalue weighted by Crippen LogP contribution is 2.49. The highest BCUT2D eigenvalue weighted by atomic mass is 19.4. The van der Waals surface area contributed by atoms with Crippen LogP contribution in [0.25, 0.3) is 6.08 Å². The maximum atomic E-state index is 14.1. The van der Waals surface area contributed by atoms with Crippen LogP contribution >= 0.6 is 0 Å². The molecule has 1 atom stereocenters. The smallest absolute Gasteiger partial charge is 0.457 e. The lowest BCUT2D eigenvalue weighted by Crippen LogP contribution is -2.53. The van der Waals surface area contributed by atoms with E-state index >= 15 is 0 Å². The van der Waals surface area contributed by atoms with Crippen LogP contribution in [0.4, 0.5) is 22.0 Å². The Hall–Kier alpha value is -2.41. The molecule has 0 amide bonds. The van der Waals surface area contributed by atoms with Gasteiger partial charge in [0.25, 0.3) is 0 Å². The van der Waals surface area contributed by atoms with Gasteiger partial charge in [-0.25, -0.2) is 0 Å². The van der Waals surface area contributed by atoms with Gasteiger partial charge in [-0.1, -0.05) is 48.5 Å². The highest BCUT2D eigenvalue weighted by Gasteiger charge is 2.69. The molecule has 0 aliphatic carbocycles. The van der Waals surface area contributed by atoms with Gasteiger partial charge in [-0.05, 0) is 29.3 Å². The maximum absolute atomic E-state index is 14.1. The number of hydrogen-bond donors (Lipinski definition) is 1. The van der Waals surface area contributed by atoms with Crippen molar-refractivity contribution < 1.29 is 31.8 Å². The third-order valence-corrected chi connectivity index (χ3v) is 3.66. The monoisotopic (exact) mass is 358 g/mol. The molecule has 2 rings (SSSR count). The fourth-order valence-electron chi connectivity index (χ4n) is 2.24. The summed E-state index contributed by atoms with van der Waals surface area (Å²) < 4.78 is 72.0. The highest BCUT2D eigenvalue weighted by molar-refractivity contribution is 5.52. The Labute approximate surface area is 141 Å². The summed E-state index contributed by atoms with van der Waals surface area (Å²) in [4.78, 5) is 0. The molecule has 0 radical (unpaired) electrons. The summed E-state index contributed by atoms with van der Waals surface area (Å²) in [5.41, 5.74) is -3.88. The molecule has 0 heterocycles. The molecule has 2 aromatic carbocycles. The van der Waals surface area contributed by atoms with Gasteiger partial charge in [-0.15, -0.1) is 0 Å². The fourth-order valence-corrected chi connectivity index (χ4v) is 2.24. The van der Waals surface area contributed by atoms with E-state index in [9.17, 15) is 27.1 Å². The van der Waals surface area contributed by atoms with Gasteiger partial charge in [-0.3, -0.25) is 0 Å². The normalized spacial score (nSPS) is 15.2. The second-order valence-corrected chi connectivity index (χ2v) is 5.31. The third-order valence-electron chi connectivity index (χ3n) is 3.66. The zero-order valence-corrected chi connectivity index (χ0v) is 13.1. The number of ether oxygens (including phenoxy) is 1. The first kappa shape index (κ1) is 18.9. The molecule has 2 nitrogen and oxygen atoms in total. The predicted octanol–water partition coefficient (Wildman–Crippen LogP) is 4.79. The van der Waals surface area contributed by atoms with Crippen LogP contribution in [-0.4, -0.2) is 24.3 Å². The molecule has 1 N–H and O–H groups in total. The topological polar surface area (TPSA) is 29.5 Å². The van der Waals surface area contributed by atoms with Crippen molar-refractivity contribution in [3.63, 3.8) is 0 Å². The Morgan fingerprint density at radius 2 is 1.56 bits per heavy atom. The minimum absolute atomic E-state index is 0.0435. The largest absolute Gasteiger partial charge is 0.497 e. The Balaban J connectivity index is 2.60. The van der Waals surface area contributed by atoms with E-state index in [1.165, 1.54) is 31.4 Å². The number of methoxy groups -OCH3 is 1. The second-order valence-electron chi connectivity index (χ2n) is 5.31. The van der Waals surface area contributed by atoms with Crippen LogP contribution < -0.4 is 4.74 Å². The molecule has 0 aromatic heterocycles. The number of benzene rings is 2. The molecule has 0 aliphatic heterocycles. The zero-order valence-electron chi connectivity index (χ0n) is 13.1. The first-order valence-corrected chi connectivity index (χ1v) is 7.17. The molecule has 0 fully saturated rings. The molecule has 134 valence electrons. The van der Waals surface area contributed by atoms with E-state index in [0.29, 0.717) is 11.6 Å². The van der Waals surface area contributed by atoms with Crippen molar-refractivity contribution in [3.8, 4) is 5.75 Å². The van der Waals surface area contributed by atoms with Gasteiger partial charge in [0.1, 0.15) is 5.75 Å².